The zero-order chi connectivity index (χ0) is 18.1. The fourth-order valence-electron chi connectivity index (χ4n) is 3.44. The van der Waals surface area contributed by atoms with Crippen molar-refractivity contribution < 1.29 is 14.1 Å². The van der Waals surface area contributed by atoms with Gasteiger partial charge in [-0.25, -0.2) is 0 Å². The third kappa shape index (κ3) is 3.49. The quantitative estimate of drug-likeness (QED) is 0.864. The van der Waals surface area contributed by atoms with E-state index in [1.54, 1.807) is 0 Å². The van der Waals surface area contributed by atoms with E-state index in [1.807, 2.05) is 31.2 Å². The van der Waals surface area contributed by atoms with Crippen molar-refractivity contribution >= 4 is 11.8 Å². The molecule has 2 aliphatic rings. The minimum atomic E-state index is -0.173. The van der Waals surface area contributed by atoms with E-state index < -0.39 is 0 Å². The standard InChI is InChI=1S/C20H23N3O3/c1-12-4-2-3-5-15(12)19(24)22-14-8-9-17-16(10-14)18(23-26-17)20(25)21-11-13-6-7-13/h2-5,13-14H,6-11H2,1H3,(H,21,25)(H,22,24). The van der Waals surface area contributed by atoms with Gasteiger partial charge < -0.3 is 15.2 Å². The van der Waals surface area contributed by atoms with E-state index in [1.165, 1.54) is 12.8 Å². The lowest BCUT2D eigenvalue weighted by molar-refractivity contribution is 0.0930. The Bertz CT molecular complexity index is 839. The van der Waals surface area contributed by atoms with E-state index in [2.05, 4.69) is 15.8 Å². The van der Waals surface area contributed by atoms with Crippen molar-refractivity contribution in [3.8, 4) is 0 Å². The van der Waals surface area contributed by atoms with Gasteiger partial charge in [0.25, 0.3) is 11.8 Å². The van der Waals surface area contributed by atoms with Crippen LogP contribution in [0.1, 0.15) is 57.0 Å². The minimum Gasteiger partial charge on any atom is -0.360 e. The topological polar surface area (TPSA) is 84.2 Å². The second-order valence-electron chi connectivity index (χ2n) is 7.31. The van der Waals surface area contributed by atoms with Crippen molar-refractivity contribution in [2.75, 3.05) is 6.54 Å². The molecule has 1 saturated carbocycles. The molecule has 1 aromatic heterocycles. The summed E-state index contributed by atoms with van der Waals surface area (Å²) in [6.07, 6.45) is 4.40. The van der Waals surface area contributed by atoms with Gasteiger partial charge in [0, 0.05) is 30.1 Å². The van der Waals surface area contributed by atoms with E-state index in [4.69, 9.17) is 4.52 Å². The summed E-state index contributed by atoms with van der Waals surface area (Å²) in [5.74, 6) is 1.13. The maximum absolute atomic E-state index is 12.6. The third-order valence-electron chi connectivity index (χ3n) is 5.23. The molecule has 1 atom stereocenters. The number of carbonyl (C=O) groups excluding carboxylic acids is 2. The molecule has 0 bridgehead atoms. The van der Waals surface area contributed by atoms with Crippen LogP contribution in [0.15, 0.2) is 28.8 Å². The minimum absolute atomic E-state index is 0.0241. The summed E-state index contributed by atoms with van der Waals surface area (Å²) in [6.45, 7) is 2.63. The highest BCUT2D eigenvalue weighted by molar-refractivity contribution is 5.96. The zero-order valence-corrected chi connectivity index (χ0v) is 14.9. The van der Waals surface area contributed by atoms with Crippen LogP contribution in [0.2, 0.25) is 0 Å². The molecular formula is C20H23N3O3. The van der Waals surface area contributed by atoms with Gasteiger partial charge in [-0.3, -0.25) is 9.59 Å². The first kappa shape index (κ1) is 16.8. The first-order valence-electron chi connectivity index (χ1n) is 9.24. The van der Waals surface area contributed by atoms with Gasteiger partial charge in [-0.15, -0.1) is 0 Å². The van der Waals surface area contributed by atoms with Gasteiger partial charge in [0.05, 0.1) is 0 Å². The van der Waals surface area contributed by atoms with Crippen molar-refractivity contribution in [1.29, 1.82) is 0 Å². The number of carbonyl (C=O) groups is 2. The molecule has 1 aromatic carbocycles. The van der Waals surface area contributed by atoms with Crippen molar-refractivity contribution in [1.82, 2.24) is 15.8 Å². The summed E-state index contributed by atoms with van der Waals surface area (Å²) in [5.41, 5.74) is 2.84. The molecule has 26 heavy (non-hydrogen) atoms. The van der Waals surface area contributed by atoms with Crippen LogP contribution in [0.3, 0.4) is 0 Å². The summed E-state index contributed by atoms with van der Waals surface area (Å²) in [5, 5.41) is 10.0. The first-order chi connectivity index (χ1) is 12.6. The Balaban J connectivity index is 1.43. The number of fused-ring (bicyclic) bond motifs is 1. The van der Waals surface area contributed by atoms with Gasteiger partial charge in [-0.05, 0) is 50.2 Å². The highest BCUT2D eigenvalue weighted by Crippen LogP contribution is 2.28. The highest BCUT2D eigenvalue weighted by atomic mass is 16.5. The van der Waals surface area contributed by atoms with E-state index >= 15 is 0 Å². The molecule has 2 amide bonds. The van der Waals surface area contributed by atoms with Crippen LogP contribution in [0.25, 0.3) is 0 Å². The van der Waals surface area contributed by atoms with Crippen LogP contribution >= 0.6 is 0 Å². The van der Waals surface area contributed by atoms with E-state index in [-0.39, 0.29) is 17.9 Å². The summed E-state index contributed by atoms with van der Waals surface area (Å²) in [4.78, 5) is 24.9. The van der Waals surface area contributed by atoms with Gasteiger partial charge in [-0.1, -0.05) is 23.4 Å². The van der Waals surface area contributed by atoms with Gasteiger partial charge in [0.2, 0.25) is 0 Å². The molecule has 0 saturated heterocycles. The smallest absolute Gasteiger partial charge is 0.273 e. The van der Waals surface area contributed by atoms with Crippen molar-refractivity contribution in [2.45, 2.75) is 45.1 Å². The number of nitrogens with zero attached hydrogens (tertiary/aromatic N) is 1. The van der Waals surface area contributed by atoms with Crippen molar-refractivity contribution in [3.63, 3.8) is 0 Å². The molecule has 2 N–H and O–H groups in total. The number of amides is 2. The first-order valence-corrected chi connectivity index (χ1v) is 9.24. The molecule has 0 radical (unpaired) electrons. The maximum atomic E-state index is 12.6. The van der Waals surface area contributed by atoms with E-state index in [0.717, 1.165) is 23.3 Å². The second kappa shape index (κ2) is 6.94. The van der Waals surface area contributed by atoms with Crippen LogP contribution < -0.4 is 10.6 Å². The molecule has 2 aliphatic carbocycles. The maximum Gasteiger partial charge on any atom is 0.273 e. The van der Waals surface area contributed by atoms with Crippen LogP contribution in [0.4, 0.5) is 0 Å². The second-order valence-corrected chi connectivity index (χ2v) is 7.31. The van der Waals surface area contributed by atoms with Crippen molar-refractivity contribution in [3.05, 3.63) is 52.4 Å². The number of aryl methyl sites for hydroxylation is 2. The number of hydrogen-bond acceptors (Lipinski definition) is 4. The molecule has 1 unspecified atom stereocenters. The summed E-state index contributed by atoms with van der Waals surface area (Å²) in [6, 6.07) is 7.51. The molecule has 6 nitrogen and oxygen atoms in total. The lowest BCUT2D eigenvalue weighted by Crippen LogP contribution is -2.39. The lowest BCUT2D eigenvalue weighted by Gasteiger charge is -2.23. The lowest BCUT2D eigenvalue weighted by atomic mass is 9.91. The fourth-order valence-corrected chi connectivity index (χ4v) is 3.44. The Morgan fingerprint density at radius 3 is 2.77 bits per heavy atom. The average Bonchev–Trinajstić information content (AvgIpc) is 3.37. The Morgan fingerprint density at radius 1 is 1.19 bits per heavy atom. The summed E-state index contributed by atoms with van der Waals surface area (Å²) < 4.78 is 5.36. The SMILES string of the molecule is Cc1ccccc1C(=O)NC1CCc2onc(C(=O)NCC3CC3)c2C1. The number of benzene rings is 1. The van der Waals surface area contributed by atoms with Crippen LogP contribution in [-0.2, 0) is 12.8 Å². The van der Waals surface area contributed by atoms with Gasteiger partial charge in [0.15, 0.2) is 5.69 Å². The molecule has 1 fully saturated rings. The van der Waals surface area contributed by atoms with Crippen LogP contribution in [-0.4, -0.2) is 29.6 Å². The van der Waals surface area contributed by atoms with Gasteiger partial charge >= 0.3 is 0 Å². The fraction of sp³-hybridized carbons (Fsp3) is 0.450. The predicted octanol–water partition coefficient (Wildman–Crippen LogP) is 2.41. The number of rotatable bonds is 5. The molecule has 6 heteroatoms. The average molecular weight is 353 g/mol. The zero-order valence-electron chi connectivity index (χ0n) is 14.9. The normalized spacial score (nSPS) is 18.9. The molecule has 2 aromatic rings. The van der Waals surface area contributed by atoms with Crippen LogP contribution in [0.5, 0.6) is 0 Å². The van der Waals surface area contributed by atoms with Crippen molar-refractivity contribution in [2.24, 2.45) is 5.92 Å². The number of nitrogens with one attached hydrogen (secondary N) is 2. The van der Waals surface area contributed by atoms with Gasteiger partial charge in [0.1, 0.15) is 5.76 Å². The Morgan fingerprint density at radius 2 is 2.00 bits per heavy atom. The number of aromatic nitrogens is 1. The molecule has 4 rings (SSSR count). The summed E-state index contributed by atoms with van der Waals surface area (Å²) in [7, 11) is 0. The van der Waals surface area contributed by atoms with E-state index in [0.29, 0.717) is 36.6 Å². The van der Waals surface area contributed by atoms with E-state index in [9.17, 15) is 9.59 Å². The predicted molar refractivity (Wildman–Crippen MR) is 96.0 cm³/mol. The summed E-state index contributed by atoms with van der Waals surface area (Å²) >= 11 is 0. The molecule has 0 spiro atoms. The largest absolute Gasteiger partial charge is 0.360 e. The molecule has 136 valence electrons. The van der Waals surface area contributed by atoms with Crippen LogP contribution in [0, 0.1) is 12.8 Å². The molecule has 1 heterocycles. The molecule has 0 aliphatic heterocycles. The van der Waals surface area contributed by atoms with Gasteiger partial charge in [-0.2, -0.15) is 0 Å². The number of hydrogen-bond donors (Lipinski definition) is 2. The Hall–Kier alpha value is -2.63. The molecular weight excluding hydrogens is 330 g/mol. The monoisotopic (exact) mass is 353 g/mol. The Kier molecular flexibility index (Phi) is 4.49. The third-order valence-corrected chi connectivity index (χ3v) is 5.23. The Labute approximate surface area is 152 Å². The highest BCUT2D eigenvalue weighted by Gasteiger charge is 2.30.